The third-order valence-corrected chi connectivity index (χ3v) is 2.50. The van der Waals surface area contributed by atoms with Gasteiger partial charge in [0, 0.05) is 11.2 Å². The van der Waals surface area contributed by atoms with Gasteiger partial charge in [-0.25, -0.2) is 0 Å². The predicted octanol–water partition coefficient (Wildman–Crippen LogP) is 4.45. The van der Waals surface area contributed by atoms with Crippen LogP contribution in [0.15, 0.2) is 65.8 Å². The number of hydrogen-bond donors (Lipinski definition) is 1. The molecular formula is C15H13ClN2. The van der Waals surface area contributed by atoms with Gasteiger partial charge in [0.05, 0.1) is 5.69 Å². The summed E-state index contributed by atoms with van der Waals surface area (Å²) in [6.07, 6.45) is 5.57. The number of allylic oxidation sites excluding steroid dienone is 1. The summed E-state index contributed by atoms with van der Waals surface area (Å²) in [5, 5.41) is 4.77. The lowest BCUT2D eigenvalue weighted by atomic mass is 10.2. The molecule has 2 aromatic rings. The summed E-state index contributed by atoms with van der Waals surface area (Å²) in [7, 11) is 0. The lowest BCUT2D eigenvalue weighted by Gasteiger charge is -1.98. The minimum Gasteiger partial charge on any atom is -0.278 e. The van der Waals surface area contributed by atoms with Crippen LogP contribution in [0.1, 0.15) is 5.56 Å². The molecule has 0 spiro atoms. The molecule has 0 aliphatic rings. The van der Waals surface area contributed by atoms with Gasteiger partial charge in [-0.3, -0.25) is 5.43 Å². The molecule has 0 fully saturated rings. The molecule has 0 bridgehead atoms. The maximum Gasteiger partial charge on any atom is 0.0576 e. The number of benzene rings is 2. The average Bonchev–Trinajstić information content (AvgIpc) is 2.40. The molecular weight excluding hydrogens is 244 g/mol. The van der Waals surface area contributed by atoms with Crippen LogP contribution in [0.4, 0.5) is 5.69 Å². The molecule has 18 heavy (non-hydrogen) atoms. The van der Waals surface area contributed by atoms with Gasteiger partial charge in [-0.2, -0.15) is 5.10 Å². The molecule has 0 radical (unpaired) electrons. The van der Waals surface area contributed by atoms with E-state index in [2.05, 4.69) is 10.5 Å². The van der Waals surface area contributed by atoms with Gasteiger partial charge in [-0.15, -0.1) is 0 Å². The second kappa shape index (κ2) is 6.62. The highest BCUT2D eigenvalue weighted by Gasteiger charge is 1.89. The number of anilines is 1. The molecule has 0 amide bonds. The van der Waals surface area contributed by atoms with E-state index in [1.165, 1.54) is 0 Å². The minimum absolute atomic E-state index is 0.690. The van der Waals surface area contributed by atoms with Crippen molar-refractivity contribution in [2.24, 2.45) is 5.10 Å². The van der Waals surface area contributed by atoms with E-state index < -0.39 is 0 Å². The van der Waals surface area contributed by atoms with Crippen LogP contribution in [0.2, 0.25) is 5.02 Å². The fraction of sp³-hybridized carbons (Fsp3) is 0. The van der Waals surface area contributed by atoms with Crippen molar-refractivity contribution in [3.8, 4) is 0 Å². The molecule has 0 unspecified atom stereocenters. The van der Waals surface area contributed by atoms with Gasteiger partial charge >= 0.3 is 0 Å². The summed E-state index contributed by atoms with van der Waals surface area (Å²) in [4.78, 5) is 0. The Bertz CT molecular complexity index is 547. The normalized spacial score (nSPS) is 11.2. The van der Waals surface area contributed by atoms with Crippen molar-refractivity contribution in [3.05, 3.63) is 71.3 Å². The van der Waals surface area contributed by atoms with E-state index in [0.717, 1.165) is 11.3 Å². The summed E-state index contributed by atoms with van der Waals surface area (Å²) in [6.45, 7) is 0. The zero-order valence-corrected chi connectivity index (χ0v) is 10.5. The lowest BCUT2D eigenvalue weighted by Crippen LogP contribution is -1.87. The highest BCUT2D eigenvalue weighted by molar-refractivity contribution is 6.30. The standard InChI is InChI=1S/C15H13ClN2/c16-14-9-4-10-15(12-14)18-17-11-5-8-13-6-2-1-3-7-13/h1-12,18H/b8-5+,17-11-. The van der Waals surface area contributed by atoms with Gasteiger partial charge < -0.3 is 0 Å². The van der Waals surface area contributed by atoms with E-state index in [0.29, 0.717) is 5.02 Å². The van der Waals surface area contributed by atoms with Crippen LogP contribution < -0.4 is 5.43 Å². The number of halogens is 1. The third kappa shape index (κ3) is 4.07. The average molecular weight is 257 g/mol. The lowest BCUT2D eigenvalue weighted by molar-refractivity contribution is 1.36. The Hall–Kier alpha value is -2.06. The molecule has 1 N–H and O–H groups in total. The monoisotopic (exact) mass is 256 g/mol. The van der Waals surface area contributed by atoms with Crippen LogP contribution in [0.25, 0.3) is 6.08 Å². The molecule has 0 atom stereocenters. The van der Waals surface area contributed by atoms with Gasteiger partial charge in [0.15, 0.2) is 0 Å². The SMILES string of the molecule is Clc1cccc(N/N=C\C=C\c2ccccc2)c1. The van der Waals surface area contributed by atoms with E-state index in [4.69, 9.17) is 11.6 Å². The van der Waals surface area contributed by atoms with Crippen LogP contribution in [-0.4, -0.2) is 6.21 Å². The van der Waals surface area contributed by atoms with E-state index in [1.54, 1.807) is 6.21 Å². The Kier molecular flexibility index (Phi) is 4.56. The number of hydrogen-bond acceptors (Lipinski definition) is 2. The Labute approximate surface area is 112 Å². The number of hydrazone groups is 1. The zero-order valence-electron chi connectivity index (χ0n) is 9.75. The molecule has 90 valence electrons. The predicted molar refractivity (Wildman–Crippen MR) is 79.0 cm³/mol. The van der Waals surface area contributed by atoms with E-state index in [1.807, 2.05) is 66.7 Å². The Balaban J connectivity index is 1.87. The first-order chi connectivity index (χ1) is 8.84. The quantitative estimate of drug-likeness (QED) is 0.634. The summed E-state index contributed by atoms with van der Waals surface area (Å²) >= 11 is 5.86. The molecule has 0 aliphatic heterocycles. The van der Waals surface area contributed by atoms with Crippen LogP contribution in [0.3, 0.4) is 0 Å². The first-order valence-electron chi connectivity index (χ1n) is 5.61. The van der Waals surface area contributed by atoms with Crippen molar-refractivity contribution < 1.29 is 0 Å². The van der Waals surface area contributed by atoms with E-state index >= 15 is 0 Å². The maximum atomic E-state index is 5.86. The smallest absolute Gasteiger partial charge is 0.0576 e. The van der Waals surface area contributed by atoms with Gasteiger partial charge in [-0.1, -0.05) is 54.1 Å². The Morgan fingerprint density at radius 3 is 2.61 bits per heavy atom. The fourth-order valence-electron chi connectivity index (χ4n) is 1.43. The van der Waals surface area contributed by atoms with Gasteiger partial charge in [0.2, 0.25) is 0 Å². The van der Waals surface area contributed by atoms with Crippen LogP contribution in [0, 0.1) is 0 Å². The topological polar surface area (TPSA) is 24.4 Å². The van der Waals surface area contributed by atoms with Crippen molar-refractivity contribution in [1.29, 1.82) is 0 Å². The van der Waals surface area contributed by atoms with Crippen molar-refractivity contribution in [1.82, 2.24) is 0 Å². The molecule has 0 aliphatic carbocycles. The first-order valence-corrected chi connectivity index (χ1v) is 5.99. The maximum absolute atomic E-state index is 5.86. The Morgan fingerprint density at radius 1 is 1.00 bits per heavy atom. The van der Waals surface area contributed by atoms with E-state index in [9.17, 15) is 0 Å². The van der Waals surface area contributed by atoms with Crippen molar-refractivity contribution in [3.63, 3.8) is 0 Å². The highest BCUT2D eigenvalue weighted by Crippen LogP contribution is 2.14. The minimum atomic E-state index is 0.690. The summed E-state index contributed by atoms with van der Waals surface area (Å²) in [5.74, 6) is 0. The van der Waals surface area contributed by atoms with Crippen molar-refractivity contribution >= 4 is 29.6 Å². The second-order valence-corrected chi connectivity index (χ2v) is 4.11. The summed E-state index contributed by atoms with van der Waals surface area (Å²) < 4.78 is 0. The number of nitrogens with zero attached hydrogens (tertiary/aromatic N) is 1. The van der Waals surface area contributed by atoms with Gasteiger partial charge in [-0.05, 0) is 29.8 Å². The molecule has 2 rings (SSSR count). The molecule has 2 nitrogen and oxygen atoms in total. The van der Waals surface area contributed by atoms with Crippen LogP contribution >= 0.6 is 11.6 Å². The molecule has 2 aromatic carbocycles. The number of nitrogens with one attached hydrogen (secondary N) is 1. The van der Waals surface area contributed by atoms with Gasteiger partial charge in [0.25, 0.3) is 0 Å². The van der Waals surface area contributed by atoms with E-state index in [-0.39, 0.29) is 0 Å². The highest BCUT2D eigenvalue weighted by atomic mass is 35.5. The summed E-state index contributed by atoms with van der Waals surface area (Å²) in [6, 6.07) is 17.5. The number of rotatable bonds is 4. The molecule has 0 aromatic heterocycles. The summed E-state index contributed by atoms with van der Waals surface area (Å²) in [5.41, 5.74) is 4.92. The van der Waals surface area contributed by atoms with Gasteiger partial charge in [0.1, 0.15) is 0 Å². The van der Waals surface area contributed by atoms with Crippen LogP contribution in [-0.2, 0) is 0 Å². The Morgan fingerprint density at radius 2 is 1.83 bits per heavy atom. The largest absolute Gasteiger partial charge is 0.278 e. The van der Waals surface area contributed by atoms with Crippen molar-refractivity contribution in [2.45, 2.75) is 0 Å². The van der Waals surface area contributed by atoms with Crippen LogP contribution in [0.5, 0.6) is 0 Å². The molecule has 3 heteroatoms. The third-order valence-electron chi connectivity index (χ3n) is 2.27. The second-order valence-electron chi connectivity index (χ2n) is 3.67. The zero-order chi connectivity index (χ0) is 12.6. The fourth-order valence-corrected chi connectivity index (χ4v) is 1.62. The van der Waals surface area contributed by atoms with Crippen molar-refractivity contribution in [2.75, 3.05) is 5.43 Å². The molecule has 0 heterocycles. The molecule has 0 saturated heterocycles. The first kappa shape index (κ1) is 12.4. The molecule has 0 saturated carbocycles.